The zero-order chi connectivity index (χ0) is 17.8. The number of thioether (sulfide) groups is 1. The van der Waals surface area contributed by atoms with Gasteiger partial charge in [-0.05, 0) is 0 Å². The first-order valence-electron chi connectivity index (χ1n) is 8.67. The molecule has 0 fully saturated rings. The summed E-state index contributed by atoms with van der Waals surface area (Å²) >= 11 is 2.15. The molecule has 3 nitrogen and oxygen atoms in total. The Balaban J connectivity index is -0.000000298. The van der Waals surface area contributed by atoms with Crippen molar-refractivity contribution < 1.29 is 10.2 Å². The number of unbranched alkanes of at least 4 members (excludes halogenated alkanes) is 1. The average Bonchev–Trinajstić information content (AvgIpc) is 2.47. The minimum atomic E-state index is -0.366. The van der Waals surface area contributed by atoms with Gasteiger partial charge in [-0.25, -0.2) is 0 Å². The van der Waals surface area contributed by atoms with Crippen LogP contribution in [0.1, 0.15) is 73.6 Å². The fraction of sp³-hybridized carbons (Fsp3) is 1.00. The van der Waals surface area contributed by atoms with Crippen LogP contribution in [0, 0.1) is 0 Å². The molecule has 0 rings (SSSR count). The first kappa shape index (κ1) is 27.9. The van der Waals surface area contributed by atoms with E-state index in [4.69, 9.17) is 5.73 Å². The van der Waals surface area contributed by atoms with E-state index in [1.165, 1.54) is 28.8 Å². The molecule has 22 heavy (non-hydrogen) atoms. The quantitative estimate of drug-likeness (QED) is 0.419. The van der Waals surface area contributed by atoms with E-state index in [9.17, 15) is 10.2 Å². The second kappa shape index (κ2) is 24.3. The molecule has 0 spiro atoms. The van der Waals surface area contributed by atoms with E-state index >= 15 is 0 Å². The van der Waals surface area contributed by atoms with Crippen molar-refractivity contribution in [2.45, 2.75) is 96.3 Å². The van der Waals surface area contributed by atoms with Crippen LogP contribution < -0.4 is 15.9 Å². The predicted octanol–water partition coefficient (Wildman–Crippen LogP) is 2.63. The molecule has 0 aliphatic rings. The van der Waals surface area contributed by atoms with Crippen molar-refractivity contribution in [1.29, 1.82) is 0 Å². The standard InChI is InChI=1S/C6H14N.2C4H9O.C3H7S.Sn/c1-3-4-5-6(2)7;2*1-3-4(2)5;1-3-4-2;/h6H,1,3-5,7H2,2H3;2*4H,3H2,1-2H3;2-3H2,1H3;/q;2*-1;;+2. The third-order valence-corrected chi connectivity index (χ3v) is 9.15. The normalized spacial score (nSPS) is 13.7. The molecule has 0 saturated heterocycles. The molecule has 0 aliphatic heterocycles. The van der Waals surface area contributed by atoms with E-state index in [1.807, 2.05) is 13.8 Å². The summed E-state index contributed by atoms with van der Waals surface area (Å²) in [5.41, 5.74) is 5.66. The Morgan fingerprint density at radius 1 is 0.955 bits per heavy atom. The van der Waals surface area contributed by atoms with Crippen molar-refractivity contribution in [2.75, 3.05) is 9.52 Å². The second-order valence-corrected chi connectivity index (χ2v) is 12.1. The summed E-state index contributed by atoms with van der Waals surface area (Å²) in [7, 11) is 0. The van der Waals surface area contributed by atoms with Crippen molar-refractivity contribution in [1.82, 2.24) is 0 Å². The van der Waals surface area contributed by atoms with Gasteiger partial charge in [-0.2, -0.15) is 0 Å². The molecule has 3 unspecified atom stereocenters. The number of hydrogen-bond acceptors (Lipinski definition) is 4. The van der Waals surface area contributed by atoms with E-state index in [-0.39, 0.29) is 33.4 Å². The van der Waals surface area contributed by atoms with Crippen molar-refractivity contribution in [3.05, 3.63) is 0 Å². The number of rotatable bonds is 10. The van der Waals surface area contributed by atoms with Gasteiger partial charge in [0, 0.05) is 0 Å². The molecular weight excluding hydrogens is 401 g/mol. The molecule has 5 heteroatoms. The van der Waals surface area contributed by atoms with Crippen molar-refractivity contribution >= 4 is 32.9 Å². The molecule has 0 aromatic rings. The number of hydrogen-bond donors (Lipinski definition) is 1. The molecule has 0 radical (unpaired) electrons. The third-order valence-electron chi connectivity index (χ3n) is 2.82. The van der Waals surface area contributed by atoms with E-state index in [2.05, 4.69) is 25.6 Å². The Kier molecular flexibility index (Phi) is 30.7. The first-order valence-corrected chi connectivity index (χ1v) is 13.9. The molecule has 0 amide bonds. The Morgan fingerprint density at radius 3 is 1.73 bits per heavy atom. The molecule has 0 aromatic heterocycles. The molecule has 134 valence electrons. The summed E-state index contributed by atoms with van der Waals surface area (Å²) in [6, 6.07) is 0.417. The molecule has 3 atom stereocenters. The Morgan fingerprint density at radius 2 is 1.41 bits per heavy atom. The summed E-state index contributed by atoms with van der Waals surface area (Å²) in [6.07, 6.45) is 4.79. The van der Waals surface area contributed by atoms with E-state index in [0.29, 0.717) is 6.04 Å². The molecule has 0 aromatic carbocycles. The maximum absolute atomic E-state index is 9.90. The summed E-state index contributed by atoms with van der Waals surface area (Å²) in [5.74, 6) is 1.31. The van der Waals surface area contributed by atoms with Crippen LogP contribution in [0.15, 0.2) is 0 Å². The molecule has 0 saturated carbocycles. The zero-order valence-electron chi connectivity index (χ0n) is 15.7. The van der Waals surface area contributed by atoms with Gasteiger partial charge < -0.3 is 10.2 Å². The van der Waals surface area contributed by atoms with Gasteiger partial charge >= 0.3 is 91.7 Å². The third kappa shape index (κ3) is 42.9. The van der Waals surface area contributed by atoms with Crippen molar-refractivity contribution in [3.63, 3.8) is 0 Å². The molecule has 0 aliphatic carbocycles. The SMILES string of the molecule is CCC(C)[O-].CCC(C)[O-].CCS[CH2][Sn+2][CH2]CCCC(C)N. The zero-order valence-corrected chi connectivity index (χ0v) is 19.4. The van der Waals surface area contributed by atoms with Crippen LogP contribution in [0.5, 0.6) is 0 Å². The van der Waals surface area contributed by atoms with Crippen LogP contribution in [0.25, 0.3) is 0 Å². The Hall–Kier alpha value is 1.03. The maximum atomic E-state index is 9.90. The summed E-state index contributed by atoms with van der Waals surface area (Å²) < 4.78 is 3.07. The van der Waals surface area contributed by atoms with Gasteiger partial charge in [0.05, 0.1) is 0 Å². The summed E-state index contributed by atoms with van der Waals surface area (Å²) in [6.45, 7) is 11.5. The van der Waals surface area contributed by atoms with Gasteiger partial charge in [0.25, 0.3) is 0 Å². The van der Waals surface area contributed by atoms with Gasteiger partial charge in [-0.15, -0.1) is 12.2 Å². The molecule has 2 N–H and O–H groups in total. The fourth-order valence-electron chi connectivity index (χ4n) is 0.963. The first-order chi connectivity index (χ1) is 10.3. The van der Waals surface area contributed by atoms with Crippen LogP contribution in [0.2, 0.25) is 4.44 Å². The van der Waals surface area contributed by atoms with Crippen LogP contribution in [0.4, 0.5) is 0 Å². The van der Waals surface area contributed by atoms with Crippen LogP contribution in [-0.2, 0) is 0 Å². The summed E-state index contributed by atoms with van der Waals surface area (Å²) in [5, 5.41) is 19.8. The molecule has 0 bridgehead atoms. The topological polar surface area (TPSA) is 72.1 Å². The fourth-order valence-corrected chi connectivity index (χ4v) is 7.10. The van der Waals surface area contributed by atoms with Crippen LogP contribution >= 0.6 is 11.8 Å². The van der Waals surface area contributed by atoms with E-state index < -0.39 is 0 Å². The van der Waals surface area contributed by atoms with Gasteiger partial charge in [0.15, 0.2) is 0 Å². The van der Waals surface area contributed by atoms with E-state index in [0.717, 1.165) is 12.8 Å². The molecular formula is C17H39NO2SSn. The van der Waals surface area contributed by atoms with Gasteiger partial charge in [-0.3, -0.25) is 0 Å². The molecule has 0 heterocycles. The Bertz CT molecular complexity index is 174. The van der Waals surface area contributed by atoms with Crippen molar-refractivity contribution in [2.24, 2.45) is 5.73 Å². The van der Waals surface area contributed by atoms with Crippen LogP contribution in [-0.4, -0.2) is 48.9 Å². The predicted molar refractivity (Wildman–Crippen MR) is 101 cm³/mol. The van der Waals surface area contributed by atoms with Gasteiger partial charge in [-0.1, -0.05) is 40.5 Å². The monoisotopic (exact) mass is 441 g/mol. The Labute approximate surface area is 154 Å². The minimum absolute atomic E-state index is 0.0292. The van der Waals surface area contributed by atoms with E-state index in [1.54, 1.807) is 18.3 Å². The van der Waals surface area contributed by atoms with Crippen LogP contribution in [0.3, 0.4) is 0 Å². The number of nitrogens with two attached hydrogens (primary N) is 1. The second-order valence-electron chi connectivity index (χ2n) is 5.55. The average molecular weight is 440 g/mol. The van der Waals surface area contributed by atoms with Gasteiger partial charge in [0.2, 0.25) is 0 Å². The van der Waals surface area contributed by atoms with Gasteiger partial charge in [0.1, 0.15) is 0 Å². The van der Waals surface area contributed by atoms with Crippen molar-refractivity contribution in [3.8, 4) is 0 Å². The summed E-state index contributed by atoms with van der Waals surface area (Å²) in [4.78, 5) is 0.